The molecule has 0 fully saturated rings. The van der Waals surface area contributed by atoms with E-state index >= 15 is 0 Å². The number of hydrogen-bond acceptors (Lipinski definition) is 5. The first-order chi connectivity index (χ1) is 11.8. The van der Waals surface area contributed by atoms with Crippen LogP contribution in [0.2, 0.25) is 0 Å². The third-order valence-corrected chi connectivity index (χ3v) is 4.52. The van der Waals surface area contributed by atoms with Gasteiger partial charge in [-0.25, -0.2) is 0 Å². The number of benzene rings is 1. The van der Waals surface area contributed by atoms with Crippen LogP contribution in [-0.4, -0.2) is 24.8 Å². The number of nitrogens with one attached hydrogen (secondary N) is 1. The number of ketones is 1. The van der Waals surface area contributed by atoms with Crippen molar-refractivity contribution in [3.05, 3.63) is 35.6 Å². The van der Waals surface area contributed by atoms with Crippen LogP contribution in [0.4, 0.5) is 5.69 Å². The molecule has 1 amide bonds. The highest BCUT2D eigenvalue weighted by Gasteiger charge is 2.44. The number of anilines is 1. The highest BCUT2D eigenvalue weighted by Crippen LogP contribution is 2.43. The fourth-order valence-corrected chi connectivity index (χ4v) is 3.40. The van der Waals surface area contributed by atoms with E-state index < -0.39 is 17.8 Å². The Morgan fingerprint density at radius 3 is 2.68 bits per heavy atom. The molecule has 0 saturated carbocycles. The van der Waals surface area contributed by atoms with Crippen LogP contribution in [0.3, 0.4) is 0 Å². The molecule has 3 rings (SSSR count). The van der Waals surface area contributed by atoms with E-state index in [0.717, 1.165) is 0 Å². The van der Waals surface area contributed by atoms with Crippen molar-refractivity contribution in [3.8, 4) is 5.75 Å². The lowest BCUT2D eigenvalue weighted by Gasteiger charge is -2.36. The molecular weight excluding hydrogens is 322 g/mol. The lowest BCUT2D eigenvalue weighted by Crippen LogP contribution is -2.39. The monoisotopic (exact) mass is 343 g/mol. The number of esters is 1. The second kappa shape index (κ2) is 6.35. The van der Waals surface area contributed by atoms with Gasteiger partial charge in [-0.1, -0.05) is 26.0 Å². The van der Waals surface area contributed by atoms with Gasteiger partial charge in [-0.3, -0.25) is 14.4 Å². The summed E-state index contributed by atoms with van der Waals surface area (Å²) in [5.74, 6) is -0.980. The van der Waals surface area contributed by atoms with Crippen LogP contribution >= 0.6 is 0 Å². The van der Waals surface area contributed by atoms with Gasteiger partial charge in [-0.05, 0) is 17.5 Å². The fraction of sp³-hybridized carbons (Fsp3) is 0.421. The predicted molar refractivity (Wildman–Crippen MR) is 90.9 cm³/mol. The summed E-state index contributed by atoms with van der Waals surface area (Å²) >= 11 is 0. The number of Topliss-reactive ketones (excluding diaryl/α,β-unsaturated/α-hetero) is 1. The molecule has 2 aliphatic rings. The van der Waals surface area contributed by atoms with Crippen molar-refractivity contribution in [2.24, 2.45) is 11.3 Å². The van der Waals surface area contributed by atoms with Crippen LogP contribution in [0.25, 0.3) is 0 Å². The summed E-state index contributed by atoms with van der Waals surface area (Å²) in [4.78, 5) is 37.3. The number of allylic oxidation sites excluding steroid dienone is 1. The van der Waals surface area contributed by atoms with E-state index in [2.05, 4.69) is 5.32 Å². The molecule has 0 radical (unpaired) electrons. The van der Waals surface area contributed by atoms with Crippen LogP contribution < -0.4 is 10.1 Å². The van der Waals surface area contributed by atoms with Gasteiger partial charge in [-0.2, -0.15) is 0 Å². The SMILES string of the molecule is COc1ccccc1NC(=O)[C@@H]1CC(=O)OC2=C1C(=O)CC(C)(C)C2. The Balaban J connectivity index is 1.91. The van der Waals surface area contributed by atoms with E-state index in [9.17, 15) is 14.4 Å². The van der Waals surface area contributed by atoms with Crippen molar-refractivity contribution < 1.29 is 23.9 Å². The van der Waals surface area contributed by atoms with Gasteiger partial charge in [-0.15, -0.1) is 0 Å². The molecule has 25 heavy (non-hydrogen) atoms. The molecular formula is C19H21NO5. The van der Waals surface area contributed by atoms with E-state index in [1.807, 2.05) is 13.8 Å². The second-order valence-corrected chi connectivity index (χ2v) is 7.20. The van der Waals surface area contributed by atoms with E-state index in [-0.39, 0.29) is 17.6 Å². The number of para-hydroxylation sites is 2. The maximum Gasteiger partial charge on any atom is 0.312 e. The normalized spacial score (nSPS) is 22.1. The minimum Gasteiger partial charge on any atom is -0.495 e. The minimum atomic E-state index is -0.829. The number of amides is 1. The summed E-state index contributed by atoms with van der Waals surface area (Å²) < 4.78 is 10.5. The number of rotatable bonds is 3. The van der Waals surface area contributed by atoms with Crippen LogP contribution in [0.15, 0.2) is 35.6 Å². The van der Waals surface area contributed by atoms with Gasteiger partial charge in [0.2, 0.25) is 5.91 Å². The maximum absolute atomic E-state index is 12.8. The second-order valence-electron chi connectivity index (χ2n) is 7.20. The van der Waals surface area contributed by atoms with Gasteiger partial charge >= 0.3 is 5.97 Å². The zero-order valence-corrected chi connectivity index (χ0v) is 14.5. The van der Waals surface area contributed by atoms with Crippen LogP contribution in [0, 0.1) is 11.3 Å². The first kappa shape index (κ1) is 17.2. The number of ether oxygens (including phenoxy) is 2. The summed E-state index contributed by atoms with van der Waals surface area (Å²) in [6.07, 6.45) is 0.673. The van der Waals surface area contributed by atoms with E-state index in [1.165, 1.54) is 7.11 Å². The van der Waals surface area contributed by atoms with Gasteiger partial charge in [0.25, 0.3) is 0 Å². The Morgan fingerprint density at radius 1 is 1.24 bits per heavy atom. The van der Waals surface area contributed by atoms with Crippen molar-refractivity contribution in [2.45, 2.75) is 33.1 Å². The first-order valence-corrected chi connectivity index (χ1v) is 8.21. The van der Waals surface area contributed by atoms with Gasteiger partial charge in [0.05, 0.1) is 25.1 Å². The van der Waals surface area contributed by atoms with Crippen molar-refractivity contribution in [2.75, 3.05) is 12.4 Å². The molecule has 1 aliphatic heterocycles. The molecule has 0 aromatic heterocycles. The number of carbonyl (C=O) groups excluding carboxylic acids is 3. The Morgan fingerprint density at radius 2 is 1.96 bits per heavy atom. The van der Waals surface area contributed by atoms with Crippen LogP contribution in [0.1, 0.15) is 33.1 Å². The van der Waals surface area contributed by atoms with Crippen molar-refractivity contribution >= 4 is 23.3 Å². The molecule has 0 spiro atoms. The van der Waals surface area contributed by atoms with Crippen molar-refractivity contribution in [1.82, 2.24) is 0 Å². The Labute approximate surface area is 146 Å². The molecule has 1 aromatic carbocycles. The zero-order chi connectivity index (χ0) is 18.2. The largest absolute Gasteiger partial charge is 0.495 e. The Bertz CT molecular complexity index is 778. The van der Waals surface area contributed by atoms with Crippen LogP contribution in [0.5, 0.6) is 5.75 Å². The highest BCUT2D eigenvalue weighted by atomic mass is 16.5. The standard InChI is InChI=1S/C19H21NO5/c1-19(2)9-13(21)17-11(8-16(22)25-15(17)10-19)18(23)20-12-6-4-5-7-14(12)24-3/h4-7,11H,8-10H2,1-3H3,(H,20,23)/t11-/m1/s1. The maximum atomic E-state index is 12.8. The molecule has 0 saturated heterocycles. The molecule has 0 bridgehead atoms. The predicted octanol–water partition coefficient (Wildman–Crippen LogP) is 2.84. The highest BCUT2D eigenvalue weighted by molar-refractivity contribution is 6.08. The fourth-order valence-electron chi connectivity index (χ4n) is 3.40. The molecule has 0 unspecified atom stereocenters. The third-order valence-electron chi connectivity index (χ3n) is 4.52. The average Bonchev–Trinajstić information content (AvgIpc) is 2.52. The molecule has 1 aliphatic carbocycles. The third kappa shape index (κ3) is 3.43. The van der Waals surface area contributed by atoms with Crippen molar-refractivity contribution in [3.63, 3.8) is 0 Å². The molecule has 1 aromatic rings. The molecule has 6 nitrogen and oxygen atoms in total. The molecule has 1 atom stereocenters. The number of hydrogen-bond donors (Lipinski definition) is 1. The van der Waals surface area contributed by atoms with Gasteiger partial charge < -0.3 is 14.8 Å². The van der Waals surface area contributed by atoms with Gasteiger partial charge in [0.15, 0.2) is 5.78 Å². The summed E-state index contributed by atoms with van der Waals surface area (Å²) in [5, 5.41) is 2.77. The number of carbonyl (C=O) groups is 3. The summed E-state index contributed by atoms with van der Waals surface area (Å²) in [7, 11) is 1.51. The summed E-state index contributed by atoms with van der Waals surface area (Å²) in [5.41, 5.74) is 0.558. The smallest absolute Gasteiger partial charge is 0.312 e. The van der Waals surface area contributed by atoms with Crippen LogP contribution in [-0.2, 0) is 19.1 Å². The lowest BCUT2D eigenvalue weighted by atomic mass is 9.72. The molecule has 132 valence electrons. The number of methoxy groups -OCH3 is 1. The van der Waals surface area contributed by atoms with Gasteiger partial charge in [0.1, 0.15) is 11.5 Å². The van der Waals surface area contributed by atoms with E-state index in [4.69, 9.17) is 9.47 Å². The molecule has 1 heterocycles. The topological polar surface area (TPSA) is 81.7 Å². The first-order valence-electron chi connectivity index (χ1n) is 8.21. The average molecular weight is 343 g/mol. The Hall–Kier alpha value is -2.63. The molecule has 6 heteroatoms. The van der Waals surface area contributed by atoms with E-state index in [0.29, 0.717) is 35.6 Å². The quantitative estimate of drug-likeness (QED) is 0.854. The van der Waals surface area contributed by atoms with E-state index in [1.54, 1.807) is 24.3 Å². The Kier molecular flexibility index (Phi) is 4.37. The van der Waals surface area contributed by atoms with Gasteiger partial charge in [0, 0.05) is 18.4 Å². The van der Waals surface area contributed by atoms with Crippen molar-refractivity contribution in [1.29, 1.82) is 0 Å². The summed E-state index contributed by atoms with van der Waals surface area (Å²) in [6.45, 7) is 3.89. The lowest BCUT2D eigenvalue weighted by molar-refractivity contribution is -0.146. The minimum absolute atomic E-state index is 0.126. The molecule has 1 N–H and O–H groups in total. The zero-order valence-electron chi connectivity index (χ0n) is 14.5. The summed E-state index contributed by atoms with van der Waals surface area (Å²) in [6, 6.07) is 6.99.